The molecule has 2 heterocycles. The van der Waals surface area contributed by atoms with Gasteiger partial charge in [0.15, 0.2) is 12.4 Å². The van der Waals surface area contributed by atoms with E-state index < -0.39 is 148 Å². The normalized spacial score (nSPS) is 25.1. The van der Waals surface area contributed by atoms with Gasteiger partial charge in [0.2, 0.25) is 72.8 Å². The summed E-state index contributed by atoms with van der Waals surface area (Å²) in [5.74, 6) is 0. The molecule has 45 heteroatoms. The zero-order chi connectivity index (χ0) is 40.0. The van der Waals surface area contributed by atoms with Crippen LogP contribution in [-0.4, -0.2) is 167 Å². The summed E-state index contributed by atoms with van der Waals surface area (Å²) in [6, 6.07) is 0. The minimum atomic E-state index is -5.99. The second-order valence-corrected chi connectivity index (χ2v) is 16.1. The van der Waals surface area contributed by atoms with Gasteiger partial charge in [0.25, 0.3) is 0 Å². The van der Waals surface area contributed by atoms with Crippen LogP contribution >= 0.6 is 0 Å². The van der Waals surface area contributed by atoms with Crippen LogP contribution in [0.1, 0.15) is 6.42 Å². The molecule has 0 amide bonds. The SMILES string of the molecule is COS(=O)(=O)[O-].O=S(=O)([O-])OC[C@H]1C[C@H](OS(=O)(=O)[O-])[C@@H](OS(=O)(=O)[O-])[C@H](O[C@H]2[C@H](OS(=O)(=O)[O-])[C@@H](COS(=O)(=O)[O-])O[C@@H]2COS(=O)(=O)[O-])O1.[K+].[K+].[K+].[K+].[K+].[K+].[K+]. The molecule has 0 aromatic heterocycles. The van der Waals surface area contributed by atoms with Crippen molar-refractivity contribution in [3.05, 3.63) is 0 Å². The molecule has 0 saturated carbocycles. The maximum absolute atomic E-state index is 11.4. The van der Waals surface area contributed by atoms with Crippen molar-refractivity contribution >= 4 is 72.8 Å². The fraction of sp³-hybridized carbons (Fsp3) is 1.00. The predicted molar refractivity (Wildman–Crippen MR) is 134 cm³/mol. The third-order valence-corrected chi connectivity index (χ3v) is 8.29. The first kappa shape index (κ1) is 82.4. The van der Waals surface area contributed by atoms with Crippen molar-refractivity contribution in [3.63, 3.8) is 0 Å². The van der Waals surface area contributed by atoms with Crippen LogP contribution in [0.5, 0.6) is 0 Å². The molecule has 0 aliphatic carbocycles. The van der Waals surface area contributed by atoms with Crippen molar-refractivity contribution in [2.75, 3.05) is 26.9 Å². The van der Waals surface area contributed by atoms with Crippen LogP contribution in [0, 0.1) is 0 Å². The first-order valence-corrected chi connectivity index (χ1v) is 21.1. The van der Waals surface area contributed by atoms with Crippen molar-refractivity contribution in [2.45, 2.75) is 55.4 Å². The number of hydrogen-bond donors (Lipinski definition) is 0. The molecule has 0 unspecified atom stereocenters. The summed E-state index contributed by atoms with van der Waals surface area (Å²) in [4.78, 5) is 0. The Labute approximate surface area is 631 Å². The molecule has 0 radical (unpaired) electrons. The minimum Gasteiger partial charge on any atom is -0.726 e. The van der Waals surface area contributed by atoms with Gasteiger partial charge in [-0.3, -0.25) is 29.3 Å². The van der Waals surface area contributed by atoms with Crippen molar-refractivity contribution in [2.24, 2.45) is 0 Å². The van der Waals surface area contributed by atoms with Crippen LogP contribution in [-0.2, 0) is 116 Å². The summed E-state index contributed by atoms with van der Waals surface area (Å²) in [6.45, 7) is -4.50. The molecule has 0 aromatic carbocycles. The third-order valence-electron chi connectivity index (χ3n) is 5.21. The standard InChI is InChI=1S/C12H22O27S6.CH4O4S.7K/c13-40(14,15)31-2-5-1-6(37-43(22,23)24)11(39-45(28,29)30)12(34-5)36-9-7(3-32-41(16,17)18)35-8(4-33-42(19,20)21)10(9)38-44(25,26)27;1-5-6(2,3)4;;;;;;;/h5-12H,1-4H2,(H,13,14,15)(H,16,17,18)(H,19,20,21)(H,22,23,24)(H,25,26,27)(H,28,29,30);1H3,(H,2,3,4);;;;;;;/q;;7*+1/p-7/t5-,6+,7-,8-,9-,10-,11-,12+;;;;;;;;/m1......../s1. The average Bonchev–Trinajstić information content (AvgIpc) is 3.18. The molecule has 2 fully saturated rings. The topological polar surface area (TPSA) is 493 Å². The van der Waals surface area contributed by atoms with Gasteiger partial charge in [-0.25, -0.2) is 58.9 Å². The molecule has 2 aliphatic rings. The predicted octanol–water partition coefficient (Wildman–Crippen LogP) is -28.7. The van der Waals surface area contributed by atoms with Gasteiger partial charge in [-0.1, -0.05) is 0 Å². The Bertz CT molecular complexity index is 1960. The molecular formula is C13H19K7O31S7. The largest absolute Gasteiger partial charge is 1.00 e. The molecule has 0 bridgehead atoms. The Morgan fingerprint density at radius 1 is 0.448 bits per heavy atom. The third kappa shape index (κ3) is 41.9. The Morgan fingerprint density at radius 2 is 0.776 bits per heavy atom. The van der Waals surface area contributed by atoms with E-state index in [0.717, 1.165) is 7.11 Å². The van der Waals surface area contributed by atoms with Gasteiger partial charge in [-0.15, -0.1) is 0 Å². The molecule has 0 spiro atoms. The fourth-order valence-electron chi connectivity index (χ4n) is 3.70. The van der Waals surface area contributed by atoms with Gasteiger partial charge < -0.3 is 46.1 Å². The van der Waals surface area contributed by atoms with Gasteiger partial charge in [0.05, 0.1) is 33.0 Å². The average molecular weight is 1170 g/mol. The molecule has 2 saturated heterocycles. The van der Waals surface area contributed by atoms with Crippen molar-refractivity contribution < 1.29 is 494 Å². The van der Waals surface area contributed by atoms with E-state index in [1.165, 1.54) is 0 Å². The number of rotatable bonds is 18. The van der Waals surface area contributed by atoms with E-state index in [1.807, 2.05) is 0 Å². The van der Waals surface area contributed by atoms with Gasteiger partial charge in [0, 0.05) is 6.42 Å². The zero-order valence-electron chi connectivity index (χ0n) is 31.0. The first-order valence-electron chi connectivity index (χ1n) is 11.8. The van der Waals surface area contributed by atoms with Gasteiger partial charge in [-0.05, 0) is 0 Å². The van der Waals surface area contributed by atoms with Crippen molar-refractivity contribution in [3.8, 4) is 0 Å². The second kappa shape index (κ2) is 36.4. The molecule has 58 heavy (non-hydrogen) atoms. The van der Waals surface area contributed by atoms with Gasteiger partial charge >= 0.3 is 360 Å². The summed E-state index contributed by atoms with van der Waals surface area (Å²) in [7, 11) is -38.2. The molecule has 8 atom stereocenters. The van der Waals surface area contributed by atoms with Crippen LogP contribution in [0.15, 0.2) is 0 Å². The molecule has 2 rings (SSSR count). The molecular weight excluding hydrogens is 1150 g/mol. The molecule has 2 aliphatic heterocycles. The summed E-state index contributed by atoms with van der Waals surface area (Å²) >= 11 is 0. The van der Waals surface area contributed by atoms with Crippen molar-refractivity contribution in [1.29, 1.82) is 0 Å². The molecule has 0 aromatic rings. The van der Waals surface area contributed by atoms with Crippen LogP contribution in [0.3, 0.4) is 0 Å². The number of hydrogen-bond acceptors (Lipinski definition) is 31. The maximum Gasteiger partial charge on any atom is 1.00 e. The van der Waals surface area contributed by atoms with E-state index in [2.05, 4.69) is 29.3 Å². The van der Waals surface area contributed by atoms with E-state index in [-0.39, 0.29) is 360 Å². The summed E-state index contributed by atoms with van der Waals surface area (Å²) in [6.07, 6.45) is -20.9. The zero-order valence-corrected chi connectivity index (χ0v) is 58.5. The van der Waals surface area contributed by atoms with E-state index in [9.17, 15) is 90.8 Å². The molecule has 31 nitrogen and oxygen atoms in total. The van der Waals surface area contributed by atoms with E-state index in [1.54, 1.807) is 0 Å². The molecule has 0 N–H and O–H groups in total. The summed E-state index contributed by atoms with van der Waals surface area (Å²) < 4.78 is 271. The Hall–Kier alpha value is 10.4. The van der Waals surface area contributed by atoms with Crippen LogP contribution in [0.2, 0.25) is 0 Å². The quantitative estimate of drug-likeness (QED) is 0.0698. The fourth-order valence-corrected chi connectivity index (χ4v) is 6.10. The number of ether oxygens (including phenoxy) is 3. The minimum absolute atomic E-state index is 0. The van der Waals surface area contributed by atoms with E-state index in [0.29, 0.717) is 0 Å². The van der Waals surface area contributed by atoms with E-state index in [4.69, 9.17) is 14.2 Å². The first-order chi connectivity index (χ1) is 22.6. The smallest absolute Gasteiger partial charge is 0.726 e. The van der Waals surface area contributed by atoms with E-state index >= 15 is 0 Å². The summed E-state index contributed by atoms with van der Waals surface area (Å²) in [5, 5.41) is 0. The van der Waals surface area contributed by atoms with Gasteiger partial charge in [0.1, 0.15) is 30.5 Å². The van der Waals surface area contributed by atoms with Gasteiger partial charge in [-0.2, -0.15) is 0 Å². The Morgan fingerprint density at radius 3 is 1.10 bits per heavy atom. The second-order valence-electron chi connectivity index (χ2n) is 8.81. The van der Waals surface area contributed by atoms with Crippen LogP contribution < -0.4 is 360 Å². The van der Waals surface area contributed by atoms with Crippen LogP contribution in [0.25, 0.3) is 0 Å². The Balaban J connectivity index is -0.000000371. The molecule has 306 valence electrons. The maximum atomic E-state index is 11.4. The Kier molecular flexibility index (Phi) is 51.7. The summed E-state index contributed by atoms with van der Waals surface area (Å²) in [5.41, 5.74) is 0. The monoisotopic (exact) mass is 1170 g/mol. The van der Waals surface area contributed by atoms with Crippen molar-refractivity contribution in [1.82, 2.24) is 0 Å². The van der Waals surface area contributed by atoms with Crippen LogP contribution in [0.4, 0.5) is 0 Å².